The largest absolute Gasteiger partial charge is 0.0616 e. The summed E-state index contributed by atoms with van der Waals surface area (Å²) in [5.74, 6) is 0. The highest BCUT2D eigenvalue weighted by atomic mass is 79.9. The molecule has 0 radical (unpaired) electrons. The van der Waals surface area contributed by atoms with Gasteiger partial charge in [0.05, 0.1) is 0 Å². The molecule has 7 aromatic rings. The molecule has 0 atom stereocenters. The second kappa shape index (κ2) is 9.54. The molecule has 0 fully saturated rings. The molecule has 0 aliphatic rings. The SMILES string of the molecule is Brc1ccc(C=c2c3cc4ccccc4cc3c(=Cc3ccc(Br)cc3)c3cc4ccccc4cc23)cc1. The highest BCUT2D eigenvalue weighted by Crippen LogP contribution is 2.26. The minimum absolute atomic E-state index is 1.08. The molecular weight excluding hydrogens is 592 g/mol. The fraction of sp³-hybridized carbons (Fsp3) is 0. The van der Waals surface area contributed by atoms with Gasteiger partial charge in [0.2, 0.25) is 0 Å². The van der Waals surface area contributed by atoms with Crippen LogP contribution in [0.3, 0.4) is 0 Å². The molecule has 0 saturated heterocycles. The molecular formula is C36H22Br2. The van der Waals surface area contributed by atoms with Crippen LogP contribution in [0.1, 0.15) is 11.1 Å². The summed E-state index contributed by atoms with van der Waals surface area (Å²) in [5, 5.41) is 12.6. The van der Waals surface area contributed by atoms with Gasteiger partial charge in [0.15, 0.2) is 0 Å². The Morgan fingerprint density at radius 3 is 0.947 bits per heavy atom. The van der Waals surface area contributed by atoms with Crippen molar-refractivity contribution in [3.05, 3.63) is 152 Å². The number of rotatable bonds is 2. The molecule has 2 heteroatoms. The van der Waals surface area contributed by atoms with Crippen molar-refractivity contribution in [1.82, 2.24) is 0 Å². The zero-order valence-corrected chi connectivity index (χ0v) is 23.6. The molecule has 0 heterocycles. The summed E-state index contributed by atoms with van der Waals surface area (Å²) in [5.41, 5.74) is 2.36. The molecule has 0 amide bonds. The lowest BCUT2D eigenvalue weighted by Crippen LogP contribution is -2.15. The number of benzene rings is 7. The van der Waals surface area contributed by atoms with Crippen molar-refractivity contribution in [3.8, 4) is 0 Å². The molecule has 180 valence electrons. The first-order valence-corrected chi connectivity index (χ1v) is 14.2. The van der Waals surface area contributed by atoms with E-state index in [1.165, 1.54) is 64.7 Å². The first kappa shape index (κ1) is 23.4. The summed E-state index contributed by atoms with van der Waals surface area (Å²) >= 11 is 7.18. The average Bonchev–Trinajstić information content (AvgIpc) is 2.95. The Balaban J connectivity index is 1.74. The molecule has 0 aliphatic heterocycles. The number of hydrogen-bond donors (Lipinski definition) is 0. The third-order valence-corrected chi connectivity index (χ3v) is 8.35. The van der Waals surface area contributed by atoms with E-state index < -0.39 is 0 Å². The summed E-state index contributed by atoms with van der Waals surface area (Å²) in [4.78, 5) is 0. The molecule has 38 heavy (non-hydrogen) atoms. The summed E-state index contributed by atoms with van der Waals surface area (Å²) in [6, 6.07) is 43.9. The molecule has 0 saturated carbocycles. The van der Waals surface area contributed by atoms with Crippen LogP contribution in [0.25, 0.3) is 55.2 Å². The van der Waals surface area contributed by atoms with Gasteiger partial charge in [-0.15, -0.1) is 0 Å². The second-order valence-corrected chi connectivity index (χ2v) is 11.5. The summed E-state index contributed by atoms with van der Waals surface area (Å²) in [6.07, 6.45) is 4.67. The van der Waals surface area contributed by atoms with E-state index in [9.17, 15) is 0 Å². The van der Waals surface area contributed by atoms with Crippen LogP contribution in [0.5, 0.6) is 0 Å². The van der Waals surface area contributed by atoms with E-state index >= 15 is 0 Å². The van der Waals surface area contributed by atoms with Gasteiger partial charge in [0.25, 0.3) is 0 Å². The van der Waals surface area contributed by atoms with Crippen LogP contribution in [0, 0.1) is 0 Å². The van der Waals surface area contributed by atoms with Crippen LogP contribution in [-0.4, -0.2) is 0 Å². The quantitative estimate of drug-likeness (QED) is 0.170. The number of fused-ring (bicyclic) bond motifs is 4. The minimum Gasteiger partial charge on any atom is -0.0616 e. The highest BCUT2D eigenvalue weighted by molar-refractivity contribution is 9.10. The van der Waals surface area contributed by atoms with E-state index in [1.54, 1.807) is 0 Å². The Labute approximate surface area is 237 Å². The highest BCUT2D eigenvalue weighted by Gasteiger charge is 2.10. The van der Waals surface area contributed by atoms with Gasteiger partial charge < -0.3 is 0 Å². The monoisotopic (exact) mass is 612 g/mol. The molecule has 7 rings (SSSR count). The molecule has 7 aromatic carbocycles. The van der Waals surface area contributed by atoms with Crippen LogP contribution in [-0.2, 0) is 0 Å². The van der Waals surface area contributed by atoms with Gasteiger partial charge >= 0.3 is 0 Å². The van der Waals surface area contributed by atoms with Crippen molar-refractivity contribution in [1.29, 1.82) is 0 Å². The van der Waals surface area contributed by atoms with Crippen molar-refractivity contribution in [3.63, 3.8) is 0 Å². The van der Waals surface area contributed by atoms with Crippen molar-refractivity contribution >= 4 is 87.1 Å². The Morgan fingerprint density at radius 2 is 0.658 bits per heavy atom. The van der Waals surface area contributed by atoms with Gasteiger partial charge in [-0.2, -0.15) is 0 Å². The van der Waals surface area contributed by atoms with Crippen LogP contribution < -0.4 is 10.4 Å². The fourth-order valence-electron chi connectivity index (χ4n) is 5.42. The predicted molar refractivity (Wildman–Crippen MR) is 171 cm³/mol. The van der Waals surface area contributed by atoms with E-state index in [1.807, 2.05) is 0 Å². The van der Waals surface area contributed by atoms with Gasteiger partial charge in [-0.1, -0.05) is 105 Å². The second-order valence-electron chi connectivity index (χ2n) is 9.71. The van der Waals surface area contributed by atoms with Crippen molar-refractivity contribution < 1.29 is 0 Å². The summed E-state index contributed by atoms with van der Waals surface area (Å²) < 4.78 is 2.17. The lowest BCUT2D eigenvalue weighted by molar-refractivity contribution is 1.59. The third-order valence-electron chi connectivity index (χ3n) is 7.29. The molecule has 0 aliphatic carbocycles. The molecule has 0 unspecified atom stereocenters. The molecule has 0 bridgehead atoms. The Kier molecular flexibility index (Phi) is 5.88. The maximum atomic E-state index is 3.59. The zero-order chi connectivity index (χ0) is 25.6. The lowest BCUT2D eigenvalue weighted by Gasteiger charge is -2.12. The van der Waals surface area contributed by atoms with Crippen LogP contribution in [0.15, 0.2) is 130 Å². The lowest BCUT2D eigenvalue weighted by atomic mass is 9.92. The molecule has 0 spiro atoms. The average molecular weight is 614 g/mol. The summed E-state index contributed by atoms with van der Waals surface area (Å²) in [6.45, 7) is 0. The zero-order valence-electron chi connectivity index (χ0n) is 20.5. The minimum atomic E-state index is 1.08. The van der Waals surface area contributed by atoms with Crippen LogP contribution in [0.4, 0.5) is 0 Å². The van der Waals surface area contributed by atoms with Crippen molar-refractivity contribution in [2.24, 2.45) is 0 Å². The fourth-order valence-corrected chi connectivity index (χ4v) is 5.95. The van der Waals surface area contributed by atoms with Crippen molar-refractivity contribution in [2.75, 3.05) is 0 Å². The van der Waals surface area contributed by atoms with Crippen LogP contribution >= 0.6 is 31.9 Å². The maximum absolute atomic E-state index is 3.59. The predicted octanol–water partition coefficient (Wildman–Crippen LogP) is 9.48. The van der Waals surface area contributed by atoms with E-state index in [2.05, 4.69) is 165 Å². The van der Waals surface area contributed by atoms with E-state index in [4.69, 9.17) is 0 Å². The standard InChI is InChI=1S/C36H22Br2/c37-29-13-9-23(10-14-29)17-31-33-19-25-5-1-2-6-26(25)20-34(33)32(18-24-11-15-30(38)16-12-24)36-22-28-8-4-3-7-27(28)21-35(31)36/h1-22H. The molecule has 0 nitrogen and oxygen atoms in total. The van der Waals surface area contributed by atoms with Crippen molar-refractivity contribution in [2.45, 2.75) is 0 Å². The first-order chi connectivity index (χ1) is 18.6. The van der Waals surface area contributed by atoms with E-state index in [0.717, 1.165) is 8.95 Å². The summed E-state index contributed by atoms with van der Waals surface area (Å²) in [7, 11) is 0. The van der Waals surface area contributed by atoms with Gasteiger partial charge in [0.1, 0.15) is 0 Å². The van der Waals surface area contributed by atoms with Crippen LogP contribution in [0.2, 0.25) is 0 Å². The Bertz CT molecular complexity index is 1860. The smallest absolute Gasteiger partial charge is 0.0175 e. The molecule has 0 aromatic heterocycles. The first-order valence-electron chi connectivity index (χ1n) is 12.6. The van der Waals surface area contributed by atoms with Gasteiger partial charge in [0, 0.05) is 8.95 Å². The normalized spacial score (nSPS) is 11.4. The Morgan fingerprint density at radius 1 is 0.368 bits per heavy atom. The molecule has 0 N–H and O–H groups in total. The maximum Gasteiger partial charge on any atom is 0.0175 e. The third kappa shape index (κ3) is 4.24. The van der Waals surface area contributed by atoms with E-state index in [0.29, 0.717) is 0 Å². The van der Waals surface area contributed by atoms with E-state index in [-0.39, 0.29) is 0 Å². The topological polar surface area (TPSA) is 0 Å². The number of hydrogen-bond acceptors (Lipinski definition) is 0. The van der Waals surface area contributed by atoms with Gasteiger partial charge in [-0.3, -0.25) is 0 Å². The van der Waals surface area contributed by atoms with Gasteiger partial charge in [-0.25, -0.2) is 0 Å². The number of halogens is 2. The van der Waals surface area contributed by atoms with Gasteiger partial charge in [-0.05, 0) is 125 Å². The Hall–Kier alpha value is -3.72.